The van der Waals surface area contributed by atoms with Gasteiger partial charge in [-0.25, -0.2) is 0 Å². The standard InChI is InChI=1S/C10H17NO3/c1-9(14)4-2-3-7(9)11-10(5-6-10)8(12)13/h7,11,14H,2-6H2,1H3,(H,12,13). The van der Waals surface area contributed by atoms with E-state index in [4.69, 9.17) is 5.11 Å². The van der Waals surface area contributed by atoms with E-state index in [9.17, 15) is 9.90 Å². The number of aliphatic carboxylic acids is 1. The maximum Gasteiger partial charge on any atom is 0.323 e. The molecule has 3 N–H and O–H groups in total. The maximum absolute atomic E-state index is 10.9. The van der Waals surface area contributed by atoms with Gasteiger partial charge in [0.2, 0.25) is 0 Å². The van der Waals surface area contributed by atoms with Crippen molar-refractivity contribution in [1.29, 1.82) is 0 Å². The summed E-state index contributed by atoms with van der Waals surface area (Å²) in [6.07, 6.45) is 3.99. The van der Waals surface area contributed by atoms with E-state index in [1.54, 1.807) is 6.92 Å². The Bertz CT molecular complexity index is 258. The smallest absolute Gasteiger partial charge is 0.323 e. The van der Waals surface area contributed by atoms with Gasteiger partial charge >= 0.3 is 5.97 Å². The molecular formula is C10H17NO3. The van der Waals surface area contributed by atoms with Crippen molar-refractivity contribution in [3.05, 3.63) is 0 Å². The van der Waals surface area contributed by atoms with Crippen LogP contribution in [0.1, 0.15) is 39.0 Å². The first-order chi connectivity index (χ1) is 6.46. The second-order valence-electron chi connectivity index (χ2n) is 4.83. The third kappa shape index (κ3) is 1.53. The summed E-state index contributed by atoms with van der Waals surface area (Å²) in [6, 6.07) is -0.0545. The van der Waals surface area contributed by atoms with Crippen molar-refractivity contribution in [1.82, 2.24) is 5.32 Å². The van der Waals surface area contributed by atoms with Gasteiger partial charge in [0.15, 0.2) is 0 Å². The fourth-order valence-corrected chi connectivity index (χ4v) is 2.26. The van der Waals surface area contributed by atoms with Crippen LogP contribution in [0.5, 0.6) is 0 Å². The minimum absolute atomic E-state index is 0.0545. The molecule has 2 aliphatic rings. The lowest BCUT2D eigenvalue weighted by Gasteiger charge is -2.29. The maximum atomic E-state index is 10.9. The zero-order valence-electron chi connectivity index (χ0n) is 8.42. The SMILES string of the molecule is CC1(O)CCCC1NC1(C(=O)O)CC1. The van der Waals surface area contributed by atoms with Crippen LogP contribution in [-0.4, -0.2) is 33.4 Å². The third-order valence-electron chi connectivity index (χ3n) is 3.54. The van der Waals surface area contributed by atoms with Crippen LogP contribution in [0.25, 0.3) is 0 Å². The molecule has 2 rings (SSSR count). The number of aliphatic hydroxyl groups is 1. The van der Waals surface area contributed by atoms with E-state index in [1.807, 2.05) is 0 Å². The highest BCUT2D eigenvalue weighted by Crippen LogP contribution is 2.40. The Hall–Kier alpha value is -0.610. The predicted molar refractivity (Wildman–Crippen MR) is 51.0 cm³/mol. The lowest BCUT2D eigenvalue weighted by Crippen LogP contribution is -2.53. The molecule has 0 aromatic heterocycles. The van der Waals surface area contributed by atoms with Crippen LogP contribution in [0.3, 0.4) is 0 Å². The predicted octanol–water partition coefficient (Wildman–Crippen LogP) is 0.497. The molecule has 2 atom stereocenters. The Morgan fingerprint density at radius 2 is 2.07 bits per heavy atom. The summed E-state index contributed by atoms with van der Waals surface area (Å²) < 4.78 is 0. The first kappa shape index (κ1) is 9.93. The lowest BCUT2D eigenvalue weighted by atomic mass is 9.99. The van der Waals surface area contributed by atoms with Gasteiger partial charge in [0.25, 0.3) is 0 Å². The molecule has 80 valence electrons. The van der Waals surface area contributed by atoms with Crippen LogP contribution in [-0.2, 0) is 4.79 Å². The minimum Gasteiger partial charge on any atom is -0.480 e. The van der Waals surface area contributed by atoms with Crippen LogP contribution in [0.2, 0.25) is 0 Å². The van der Waals surface area contributed by atoms with Crippen molar-refractivity contribution < 1.29 is 15.0 Å². The van der Waals surface area contributed by atoms with Gasteiger partial charge in [0, 0.05) is 6.04 Å². The van der Waals surface area contributed by atoms with Gasteiger partial charge in [-0.15, -0.1) is 0 Å². The van der Waals surface area contributed by atoms with Crippen LogP contribution in [0, 0.1) is 0 Å². The zero-order valence-corrected chi connectivity index (χ0v) is 8.42. The van der Waals surface area contributed by atoms with E-state index in [2.05, 4.69) is 5.32 Å². The molecule has 0 heterocycles. The molecule has 0 radical (unpaired) electrons. The van der Waals surface area contributed by atoms with Gasteiger partial charge in [-0.1, -0.05) is 0 Å². The molecule has 14 heavy (non-hydrogen) atoms. The highest BCUT2D eigenvalue weighted by atomic mass is 16.4. The molecule has 2 unspecified atom stereocenters. The van der Waals surface area contributed by atoms with Gasteiger partial charge < -0.3 is 10.2 Å². The largest absolute Gasteiger partial charge is 0.480 e. The molecule has 0 aliphatic heterocycles. The van der Waals surface area contributed by atoms with Crippen molar-refractivity contribution in [2.24, 2.45) is 0 Å². The molecule has 2 aliphatic carbocycles. The molecule has 0 amide bonds. The lowest BCUT2D eigenvalue weighted by molar-refractivity contribution is -0.141. The number of nitrogens with one attached hydrogen (secondary N) is 1. The quantitative estimate of drug-likeness (QED) is 0.619. The van der Waals surface area contributed by atoms with E-state index in [0.717, 1.165) is 19.3 Å². The Balaban J connectivity index is 2.01. The summed E-state index contributed by atoms with van der Waals surface area (Å²) in [4.78, 5) is 10.9. The van der Waals surface area contributed by atoms with Crippen LogP contribution >= 0.6 is 0 Å². The van der Waals surface area contributed by atoms with Crippen molar-refractivity contribution in [2.45, 2.75) is 56.2 Å². The molecule has 0 aromatic carbocycles. The van der Waals surface area contributed by atoms with Crippen molar-refractivity contribution in [3.8, 4) is 0 Å². The Labute approximate surface area is 83.3 Å². The molecule has 2 fully saturated rings. The summed E-state index contributed by atoms with van der Waals surface area (Å²) in [6.45, 7) is 1.79. The van der Waals surface area contributed by atoms with E-state index < -0.39 is 17.1 Å². The van der Waals surface area contributed by atoms with E-state index >= 15 is 0 Å². The average Bonchev–Trinajstić information content (AvgIpc) is 2.76. The highest BCUT2D eigenvalue weighted by Gasteiger charge is 2.54. The summed E-state index contributed by atoms with van der Waals surface area (Å²) in [5, 5.41) is 22.1. The van der Waals surface area contributed by atoms with Gasteiger partial charge in [0.1, 0.15) is 5.54 Å². The Morgan fingerprint density at radius 1 is 1.43 bits per heavy atom. The summed E-state index contributed by atoms with van der Waals surface area (Å²) in [7, 11) is 0. The summed E-state index contributed by atoms with van der Waals surface area (Å²) >= 11 is 0. The molecule has 4 heteroatoms. The van der Waals surface area contributed by atoms with Crippen molar-refractivity contribution in [3.63, 3.8) is 0 Å². The molecule has 0 aromatic rings. The number of rotatable bonds is 3. The van der Waals surface area contributed by atoms with Gasteiger partial charge in [-0.2, -0.15) is 0 Å². The second kappa shape index (κ2) is 2.94. The molecule has 0 saturated heterocycles. The number of carboxylic acid groups (broad SMARTS) is 1. The number of hydrogen-bond donors (Lipinski definition) is 3. The van der Waals surface area contributed by atoms with Gasteiger partial charge in [-0.05, 0) is 39.0 Å². The van der Waals surface area contributed by atoms with Gasteiger partial charge in [0.05, 0.1) is 5.60 Å². The monoisotopic (exact) mass is 199 g/mol. The Kier molecular flexibility index (Phi) is 2.08. The van der Waals surface area contributed by atoms with Crippen LogP contribution in [0.4, 0.5) is 0 Å². The highest BCUT2D eigenvalue weighted by molar-refractivity contribution is 5.82. The van der Waals surface area contributed by atoms with E-state index in [0.29, 0.717) is 12.8 Å². The first-order valence-electron chi connectivity index (χ1n) is 5.20. The fourth-order valence-electron chi connectivity index (χ4n) is 2.26. The number of carboxylic acids is 1. The minimum atomic E-state index is -0.778. The molecule has 4 nitrogen and oxygen atoms in total. The topological polar surface area (TPSA) is 69.6 Å². The molecule has 0 spiro atoms. The molecule has 2 saturated carbocycles. The van der Waals surface area contributed by atoms with Crippen LogP contribution in [0.15, 0.2) is 0 Å². The average molecular weight is 199 g/mol. The Morgan fingerprint density at radius 3 is 2.43 bits per heavy atom. The van der Waals surface area contributed by atoms with Crippen molar-refractivity contribution in [2.75, 3.05) is 0 Å². The fraction of sp³-hybridized carbons (Fsp3) is 0.900. The number of hydrogen-bond acceptors (Lipinski definition) is 3. The van der Waals surface area contributed by atoms with Gasteiger partial charge in [-0.3, -0.25) is 10.1 Å². The third-order valence-corrected chi connectivity index (χ3v) is 3.54. The zero-order chi connectivity index (χ0) is 10.4. The first-order valence-corrected chi connectivity index (χ1v) is 5.20. The van der Waals surface area contributed by atoms with E-state index in [-0.39, 0.29) is 6.04 Å². The summed E-state index contributed by atoms with van der Waals surface area (Å²) in [5.74, 6) is -0.778. The normalized spacial score (nSPS) is 39.7. The van der Waals surface area contributed by atoms with Crippen molar-refractivity contribution >= 4 is 5.97 Å². The van der Waals surface area contributed by atoms with E-state index in [1.165, 1.54) is 0 Å². The molecular weight excluding hydrogens is 182 g/mol. The van der Waals surface area contributed by atoms with Crippen LogP contribution < -0.4 is 5.32 Å². The molecule has 0 bridgehead atoms. The second-order valence-corrected chi connectivity index (χ2v) is 4.83. The number of carbonyl (C=O) groups is 1. The summed E-state index contributed by atoms with van der Waals surface area (Å²) in [5.41, 5.74) is -1.45.